The summed E-state index contributed by atoms with van der Waals surface area (Å²) >= 11 is 1.59. The summed E-state index contributed by atoms with van der Waals surface area (Å²) in [7, 11) is 0. The Labute approximate surface area is 137 Å². The fraction of sp³-hybridized carbons (Fsp3) is 0.235. The first kappa shape index (κ1) is 15.4. The maximum Gasteiger partial charge on any atom is 0.261 e. The minimum absolute atomic E-state index is 0.0761. The van der Waals surface area contributed by atoms with Gasteiger partial charge in [0.15, 0.2) is 0 Å². The third-order valence-electron chi connectivity index (χ3n) is 3.73. The molecule has 118 valence electrons. The first-order chi connectivity index (χ1) is 11.2. The standard InChI is InChI=1S/C17H16N2O3S/c20-15(18-10-12-7-9-23-11-12)6-3-8-19-16(21)13-4-1-2-5-14(13)17(19)22/h1-2,4-5,7,9,11H,3,6,8,10H2,(H,18,20). The van der Waals surface area contributed by atoms with Crippen molar-refractivity contribution in [2.75, 3.05) is 6.54 Å². The molecule has 2 heterocycles. The van der Waals surface area contributed by atoms with E-state index in [4.69, 9.17) is 0 Å². The van der Waals surface area contributed by atoms with E-state index in [1.807, 2.05) is 16.8 Å². The third kappa shape index (κ3) is 3.32. The Balaban J connectivity index is 1.47. The van der Waals surface area contributed by atoms with Gasteiger partial charge >= 0.3 is 0 Å². The Morgan fingerprint density at radius 3 is 2.39 bits per heavy atom. The second kappa shape index (κ2) is 6.75. The van der Waals surface area contributed by atoms with E-state index in [1.165, 1.54) is 4.90 Å². The highest BCUT2D eigenvalue weighted by Gasteiger charge is 2.34. The molecule has 0 aliphatic carbocycles. The van der Waals surface area contributed by atoms with Crippen LogP contribution in [-0.4, -0.2) is 29.2 Å². The Morgan fingerprint density at radius 2 is 1.78 bits per heavy atom. The van der Waals surface area contributed by atoms with Crippen molar-refractivity contribution in [3.05, 3.63) is 57.8 Å². The summed E-state index contributed by atoms with van der Waals surface area (Å²) in [6, 6.07) is 8.76. The molecule has 0 fully saturated rings. The number of carbonyl (C=O) groups is 3. The summed E-state index contributed by atoms with van der Waals surface area (Å²) < 4.78 is 0. The van der Waals surface area contributed by atoms with Crippen molar-refractivity contribution in [3.8, 4) is 0 Å². The molecule has 0 saturated carbocycles. The number of carbonyl (C=O) groups excluding carboxylic acids is 3. The van der Waals surface area contributed by atoms with Crippen molar-refractivity contribution in [3.63, 3.8) is 0 Å². The second-order valence-electron chi connectivity index (χ2n) is 5.32. The van der Waals surface area contributed by atoms with Gasteiger partial charge in [-0.3, -0.25) is 19.3 Å². The summed E-state index contributed by atoms with van der Waals surface area (Å²) in [5, 5.41) is 6.78. The summed E-state index contributed by atoms with van der Waals surface area (Å²) in [4.78, 5) is 37.4. The van der Waals surface area contributed by atoms with Gasteiger partial charge in [0.2, 0.25) is 5.91 Å². The lowest BCUT2D eigenvalue weighted by atomic mass is 10.1. The van der Waals surface area contributed by atoms with Gasteiger partial charge in [0.1, 0.15) is 0 Å². The van der Waals surface area contributed by atoms with Crippen LogP contribution in [0.3, 0.4) is 0 Å². The molecular weight excluding hydrogens is 312 g/mol. The minimum atomic E-state index is -0.274. The van der Waals surface area contributed by atoms with Gasteiger partial charge in [0, 0.05) is 19.5 Å². The number of imide groups is 1. The fourth-order valence-corrected chi connectivity index (χ4v) is 3.19. The maximum atomic E-state index is 12.2. The zero-order valence-electron chi connectivity index (χ0n) is 12.5. The predicted molar refractivity (Wildman–Crippen MR) is 87.2 cm³/mol. The van der Waals surface area contributed by atoms with Crippen molar-refractivity contribution in [1.82, 2.24) is 10.2 Å². The molecule has 2 aromatic rings. The number of hydrogen-bond acceptors (Lipinski definition) is 4. The Morgan fingerprint density at radius 1 is 1.09 bits per heavy atom. The van der Waals surface area contributed by atoms with Crippen LogP contribution >= 0.6 is 11.3 Å². The molecule has 5 nitrogen and oxygen atoms in total. The van der Waals surface area contributed by atoms with Crippen molar-refractivity contribution < 1.29 is 14.4 Å². The molecule has 0 unspecified atom stereocenters. The fourth-order valence-electron chi connectivity index (χ4n) is 2.52. The van der Waals surface area contributed by atoms with Crippen LogP contribution in [0.4, 0.5) is 0 Å². The predicted octanol–water partition coefficient (Wildman–Crippen LogP) is 2.44. The lowest BCUT2D eigenvalue weighted by Gasteiger charge is -2.13. The SMILES string of the molecule is O=C(CCCN1C(=O)c2ccccc2C1=O)NCc1ccsc1. The highest BCUT2D eigenvalue weighted by Crippen LogP contribution is 2.22. The molecule has 0 bridgehead atoms. The zero-order valence-corrected chi connectivity index (χ0v) is 13.3. The van der Waals surface area contributed by atoms with Crippen LogP contribution in [0.5, 0.6) is 0 Å². The van der Waals surface area contributed by atoms with Gasteiger partial charge in [0.25, 0.3) is 11.8 Å². The Kier molecular flexibility index (Phi) is 4.52. The van der Waals surface area contributed by atoms with E-state index < -0.39 is 0 Å². The molecule has 0 spiro atoms. The highest BCUT2D eigenvalue weighted by atomic mass is 32.1. The molecule has 0 atom stereocenters. The third-order valence-corrected chi connectivity index (χ3v) is 4.47. The van der Waals surface area contributed by atoms with E-state index in [-0.39, 0.29) is 30.7 Å². The Bertz CT molecular complexity index is 705. The highest BCUT2D eigenvalue weighted by molar-refractivity contribution is 7.07. The van der Waals surface area contributed by atoms with Gasteiger partial charge in [-0.15, -0.1) is 0 Å². The van der Waals surface area contributed by atoms with Crippen LogP contribution < -0.4 is 5.32 Å². The van der Waals surface area contributed by atoms with Gasteiger partial charge in [-0.05, 0) is 40.9 Å². The van der Waals surface area contributed by atoms with E-state index in [9.17, 15) is 14.4 Å². The molecular formula is C17H16N2O3S. The van der Waals surface area contributed by atoms with Crippen LogP contribution in [0.1, 0.15) is 39.1 Å². The molecule has 1 aromatic carbocycles. The summed E-state index contributed by atoms with van der Waals surface area (Å²) in [6.45, 7) is 0.771. The summed E-state index contributed by atoms with van der Waals surface area (Å²) in [5.41, 5.74) is 1.96. The molecule has 23 heavy (non-hydrogen) atoms. The van der Waals surface area contributed by atoms with Gasteiger partial charge in [-0.1, -0.05) is 12.1 Å². The number of benzene rings is 1. The summed E-state index contributed by atoms with van der Waals surface area (Å²) in [6.07, 6.45) is 0.748. The van der Waals surface area contributed by atoms with E-state index in [0.29, 0.717) is 24.1 Å². The first-order valence-corrected chi connectivity index (χ1v) is 8.34. The quantitative estimate of drug-likeness (QED) is 0.828. The van der Waals surface area contributed by atoms with E-state index >= 15 is 0 Å². The molecule has 6 heteroatoms. The zero-order chi connectivity index (χ0) is 16.2. The monoisotopic (exact) mass is 328 g/mol. The number of rotatable bonds is 6. The topological polar surface area (TPSA) is 66.5 Å². The number of nitrogens with one attached hydrogen (secondary N) is 1. The van der Waals surface area contributed by atoms with Gasteiger partial charge in [-0.2, -0.15) is 11.3 Å². The van der Waals surface area contributed by atoms with Gasteiger partial charge in [-0.25, -0.2) is 0 Å². The smallest absolute Gasteiger partial charge is 0.261 e. The van der Waals surface area contributed by atoms with Gasteiger partial charge < -0.3 is 5.32 Å². The van der Waals surface area contributed by atoms with Crippen LogP contribution in [-0.2, 0) is 11.3 Å². The maximum absolute atomic E-state index is 12.2. The van der Waals surface area contributed by atoms with Gasteiger partial charge in [0.05, 0.1) is 11.1 Å². The molecule has 1 aromatic heterocycles. The minimum Gasteiger partial charge on any atom is -0.352 e. The molecule has 0 saturated heterocycles. The van der Waals surface area contributed by atoms with Crippen LogP contribution in [0.15, 0.2) is 41.1 Å². The average molecular weight is 328 g/mol. The van der Waals surface area contributed by atoms with Crippen molar-refractivity contribution in [2.24, 2.45) is 0 Å². The second-order valence-corrected chi connectivity index (χ2v) is 6.10. The number of thiophene rings is 1. The molecule has 3 amide bonds. The van der Waals surface area contributed by atoms with E-state index in [0.717, 1.165) is 5.56 Å². The van der Waals surface area contributed by atoms with E-state index in [2.05, 4.69) is 5.32 Å². The number of hydrogen-bond donors (Lipinski definition) is 1. The first-order valence-electron chi connectivity index (χ1n) is 7.40. The average Bonchev–Trinajstić information content (AvgIpc) is 3.16. The molecule has 0 radical (unpaired) electrons. The molecule has 1 N–H and O–H groups in total. The molecule has 1 aliphatic heterocycles. The van der Waals surface area contributed by atoms with Crippen LogP contribution in [0, 0.1) is 0 Å². The summed E-state index contributed by atoms with van der Waals surface area (Å²) in [5.74, 6) is -0.624. The van der Waals surface area contributed by atoms with Crippen molar-refractivity contribution in [1.29, 1.82) is 0 Å². The number of amides is 3. The van der Waals surface area contributed by atoms with Crippen molar-refractivity contribution in [2.45, 2.75) is 19.4 Å². The van der Waals surface area contributed by atoms with Crippen molar-refractivity contribution >= 4 is 29.1 Å². The molecule has 3 rings (SSSR count). The Hall–Kier alpha value is -2.47. The lowest BCUT2D eigenvalue weighted by molar-refractivity contribution is -0.121. The van der Waals surface area contributed by atoms with Crippen LogP contribution in [0.25, 0.3) is 0 Å². The van der Waals surface area contributed by atoms with E-state index in [1.54, 1.807) is 35.6 Å². The number of fused-ring (bicyclic) bond motifs is 1. The normalized spacial score (nSPS) is 13.3. The van der Waals surface area contributed by atoms with Crippen LogP contribution in [0.2, 0.25) is 0 Å². The molecule has 1 aliphatic rings. The largest absolute Gasteiger partial charge is 0.352 e. The number of nitrogens with zero attached hydrogens (tertiary/aromatic N) is 1. The lowest BCUT2D eigenvalue weighted by Crippen LogP contribution is -2.32.